The largest absolute Gasteiger partial charge is 0.367 e. The number of rotatable bonds is 4. The van der Waals surface area contributed by atoms with E-state index in [9.17, 15) is 13.2 Å². The third-order valence-electron chi connectivity index (χ3n) is 3.45. The molecule has 3 rings (SSSR count). The molecule has 0 bridgehead atoms. The van der Waals surface area contributed by atoms with E-state index >= 15 is 0 Å². The Morgan fingerprint density at radius 3 is 2.59 bits per heavy atom. The van der Waals surface area contributed by atoms with E-state index in [2.05, 4.69) is 14.8 Å². The number of guanidine groups is 1. The predicted octanol–water partition coefficient (Wildman–Crippen LogP) is 3.16. The van der Waals surface area contributed by atoms with Gasteiger partial charge in [0.1, 0.15) is 0 Å². The van der Waals surface area contributed by atoms with Crippen LogP contribution in [-0.4, -0.2) is 26.5 Å². The minimum absolute atomic E-state index is 0.393. The van der Waals surface area contributed by atoms with Crippen molar-refractivity contribution in [1.82, 2.24) is 5.32 Å². The standard InChI is InChI=1S/C17H14ClN3O4S2/c1-27(23,24)25-21-17(19)20-16(22)15-9-13-12(3-2-4-14(13)26-15)10-5-7-11(18)8-6-10/h2-9H,1H3,(H3,19,20,21,22). The molecule has 7 nitrogen and oxygen atoms in total. The number of fused-ring (bicyclic) bond motifs is 1. The summed E-state index contributed by atoms with van der Waals surface area (Å²) < 4.78 is 26.9. The molecule has 0 unspecified atom stereocenters. The Kier molecular flexibility index (Phi) is 5.36. The molecule has 3 aromatic rings. The van der Waals surface area contributed by atoms with Gasteiger partial charge in [0.2, 0.25) is 5.96 Å². The lowest BCUT2D eigenvalue weighted by molar-refractivity contribution is 0.0979. The fraction of sp³-hybridized carbons (Fsp3) is 0.0588. The SMILES string of the molecule is CS(=O)(=O)ON=C(N)NC(=O)c1cc2c(-c3ccc(Cl)cc3)cccc2s1. The van der Waals surface area contributed by atoms with Crippen molar-refractivity contribution < 1.29 is 17.5 Å². The highest BCUT2D eigenvalue weighted by molar-refractivity contribution is 7.85. The number of oxime groups is 1. The number of carbonyl (C=O) groups is 1. The highest BCUT2D eigenvalue weighted by atomic mass is 35.5. The molecule has 0 fully saturated rings. The summed E-state index contributed by atoms with van der Waals surface area (Å²) in [4.78, 5) is 12.8. The summed E-state index contributed by atoms with van der Waals surface area (Å²) in [5.74, 6) is -0.975. The van der Waals surface area contributed by atoms with Crippen molar-refractivity contribution in [2.45, 2.75) is 0 Å². The Morgan fingerprint density at radius 2 is 1.93 bits per heavy atom. The molecule has 0 saturated heterocycles. The third kappa shape index (κ3) is 4.76. The summed E-state index contributed by atoms with van der Waals surface area (Å²) in [6, 6.07) is 14.9. The van der Waals surface area contributed by atoms with Crippen molar-refractivity contribution in [2.75, 3.05) is 6.26 Å². The lowest BCUT2D eigenvalue weighted by atomic mass is 10.0. The van der Waals surface area contributed by atoms with Gasteiger partial charge in [-0.2, -0.15) is 8.42 Å². The number of thiophene rings is 1. The Labute approximate surface area is 164 Å². The van der Waals surface area contributed by atoms with Crippen LogP contribution in [-0.2, 0) is 14.4 Å². The molecule has 1 amide bonds. The van der Waals surface area contributed by atoms with E-state index in [0.29, 0.717) is 9.90 Å². The van der Waals surface area contributed by atoms with Crippen LogP contribution in [0.2, 0.25) is 5.02 Å². The number of halogens is 1. The molecular formula is C17H14ClN3O4S2. The molecule has 140 valence electrons. The molecule has 0 aliphatic rings. The molecule has 3 N–H and O–H groups in total. The van der Waals surface area contributed by atoms with Crippen molar-refractivity contribution in [2.24, 2.45) is 10.9 Å². The molecule has 1 heterocycles. The zero-order valence-electron chi connectivity index (χ0n) is 14.0. The summed E-state index contributed by atoms with van der Waals surface area (Å²) in [7, 11) is -3.81. The van der Waals surface area contributed by atoms with Crippen LogP contribution in [0.15, 0.2) is 53.7 Å². The van der Waals surface area contributed by atoms with Crippen molar-refractivity contribution in [3.8, 4) is 11.1 Å². The number of nitrogens with zero attached hydrogens (tertiary/aromatic N) is 1. The maximum Gasteiger partial charge on any atom is 0.325 e. The average molecular weight is 424 g/mol. The molecule has 2 aromatic carbocycles. The number of carbonyl (C=O) groups excluding carboxylic acids is 1. The summed E-state index contributed by atoms with van der Waals surface area (Å²) >= 11 is 7.22. The van der Waals surface area contributed by atoms with Crippen LogP contribution in [0.1, 0.15) is 9.67 Å². The molecule has 0 aliphatic heterocycles. The van der Waals surface area contributed by atoms with Crippen molar-refractivity contribution in [3.63, 3.8) is 0 Å². The number of benzene rings is 2. The van der Waals surface area contributed by atoms with Crippen LogP contribution in [0, 0.1) is 0 Å². The maximum absolute atomic E-state index is 12.4. The van der Waals surface area contributed by atoms with Gasteiger partial charge in [-0.05, 0) is 40.5 Å². The zero-order valence-corrected chi connectivity index (χ0v) is 16.4. The smallest absolute Gasteiger partial charge is 0.325 e. The van der Waals surface area contributed by atoms with Gasteiger partial charge >= 0.3 is 10.1 Å². The van der Waals surface area contributed by atoms with Crippen LogP contribution in [0.4, 0.5) is 0 Å². The fourth-order valence-corrected chi connectivity index (χ4v) is 3.69. The Balaban J connectivity index is 1.89. The van der Waals surface area contributed by atoms with Crippen LogP contribution >= 0.6 is 22.9 Å². The molecule has 1 aromatic heterocycles. The second kappa shape index (κ2) is 7.55. The Bertz CT molecular complexity index is 1140. The molecule has 0 saturated carbocycles. The van der Waals surface area contributed by atoms with Crippen molar-refractivity contribution in [3.05, 3.63) is 58.4 Å². The van der Waals surface area contributed by atoms with Gasteiger partial charge in [0.15, 0.2) is 0 Å². The molecular weight excluding hydrogens is 410 g/mol. The maximum atomic E-state index is 12.4. The quantitative estimate of drug-likeness (QED) is 0.380. The number of nitrogens with two attached hydrogens (primary N) is 1. The van der Waals surface area contributed by atoms with E-state index < -0.39 is 22.0 Å². The number of nitrogens with one attached hydrogen (secondary N) is 1. The van der Waals surface area contributed by atoms with E-state index in [0.717, 1.165) is 27.5 Å². The molecule has 10 heteroatoms. The summed E-state index contributed by atoms with van der Waals surface area (Å²) in [6.07, 6.45) is 0.815. The number of hydrogen-bond acceptors (Lipinski definition) is 6. The predicted molar refractivity (Wildman–Crippen MR) is 107 cm³/mol. The third-order valence-corrected chi connectivity index (χ3v) is 5.15. The molecule has 0 aliphatic carbocycles. The first-order valence-corrected chi connectivity index (χ1v) is 10.6. The summed E-state index contributed by atoms with van der Waals surface area (Å²) in [5, 5.41) is 6.99. The Hall–Kier alpha value is -2.62. The van der Waals surface area contributed by atoms with E-state index in [4.69, 9.17) is 17.3 Å². The highest BCUT2D eigenvalue weighted by Gasteiger charge is 2.14. The highest BCUT2D eigenvalue weighted by Crippen LogP contribution is 2.34. The normalized spacial score (nSPS) is 12.1. The van der Waals surface area contributed by atoms with E-state index in [1.165, 1.54) is 11.3 Å². The lowest BCUT2D eigenvalue weighted by Gasteiger charge is -2.03. The average Bonchev–Trinajstić information content (AvgIpc) is 3.04. The molecule has 0 atom stereocenters. The second-order valence-corrected chi connectivity index (χ2v) is 8.62. The topological polar surface area (TPSA) is 111 Å². The van der Waals surface area contributed by atoms with Crippen molar-refractivity contribution in [1.29, 1.82) is 0 Å². The van der Waals surface area contributed by atoms with Gasteiger partial charge in [0, 0.05) is 15.1 Å². The summed E-state index contributed by atoms with van der Waals surface area (Å²) in [6.45, 7) is 0. The van der Waals surface area contributed by atoms with Gasteiger partial charge < -0.3 is 5.73 Å². The second-order valence-electron chi connectivity index (χ2n) is 5.54. The first kappa shape index (κ1) is 19.2. The van der Waals surface area contributed by atoms with Gasteiger partial charge in [0.05, 0.1) is 11.1 Å². The lowest BCUT2D eigenvalue weighted by Crippen LogP contribution is -2.36. The van der Waals surface area contributed by atoms with E-state index in [1.54, 1.807) is 18.2 Å². The van der Waals surface area contributed by atoms with Gasteiger partial charge in [-0.25, -0.2) is 0 Å². The van der Waals surface area contributed by atoms with Crippen LogP contribution in [0.3, 0.4) is 0 Å². The van der Waals surface area contributed by atoms with Gasteiger partial charge in [-0.3, -0.25) is 14.4 Å². The number of hydrogen-bond donors (Lipinski definition) is 2. The first-order chi connectivity index (χ1) is 12.7. The zero-order chi connectivity index (χ0) is 19.6. The van der Waals surface area contributed by atoms with Crippen LogP contribution in [0.25, 0.3) is 21.2 Å². The minimum atomic E-state index is -3.81. The molecule has 27 heavy (non-hydrogen) atoms. The van der Waals surface area contributed by atoms with Crippen molar-refractivity contribution >= 4 is 55.0 Å². The van der Waals surface area contributed by atoms with Gasteiger partial charge in [-0.15, -0.1) is 11.3 Å². The van der Waals surface area contributed by atoms with E-state index in [-0.39, 0.29) is 0 Å². The Morgan fingerprint density at radius 1 is 1.22 bits per heavy atom. The summed E-state index contributed by atoms with van der Waals surface area (Å²) in [5.41, 5.74) is 7.40. The molecule has 0 spiro atoms. The van der Waals surface area contributed by atoms with E-state index in [1.807, 2.05) is 30.3 Å². The monoisotopic (exact) mass is 423 g/mol. The van der Waals surface area contributed by atoms with Gasteiger partial charge in [-0.1, -0.05) is 35.9 Å². The van der Waals surface area contributed by atoms with Gasteiger partial charge in [0.25, 0.3) is 5.91 Å². The minimum Gasteiger partial charge on any atom is -0.367 e. The number of amides is 1. The molecule has 0 radical (unpaired) electrons. The van der Waals surface area contributed by atoms with Crippen LogP contribution in [0.5, 0.6) is 0 Å². The van der Waals surface area contributed by atoms with Crippen LogP contribution < -0.4 is 11.1 Å². The first-order valence-electron chi connectivity index (χ1n) is 7.55. The fourth-order valence-electron chi connectivity index (χ4n) is 2.36.